The van der Waals surface area contributed by atoms with Gasteiger partial charge in [-0.1, -0.05) is 34.8 Å². The maximum Gasteiger partial charge on any atom is 0.260 e. The second kappa shape index (κ2) is 5.43. The van der Waals surface area contributed by atoms with Gasteiger partial charge in [-0.2, -0.15) is 0 Å². The molecule has 18 heavy (non-hydrogen) atoms. The van der Waals surface area contributed by atoms with Crippen LogP contribution in [0.3, 0.4) is 0 Å². The van der Waals surface area contributed by atoms with Gasteiger partial charge in [0.1, 0.15) is 17.3 Å². The first kappa shape index (κ1) is 12.9. The Morgan fingerprint density at radius 3 is 2.56 bits per heavy atom. The molecule has 2 heterocycles. The van der Waals surface area contributed by atoms with Crippen molar-refractivity contribution in [3.05, 3.63) is 39.5 Å². The molecular formula is C9H4Cl3N5O. The van der Waals surface area contributed by atoms with E-state index >= 15 is 0 Å². The van der Waals surface area contributed by atoms with E-state index in [4.69, 9.17) is 34.8 Å². The summed E-state index contributed by atoms with van der Waals surface area (Å²) in [4.78, 5) is 19.4. The molecule has 0 saturated carbocycles. The van der Waals surface area contributed by atoms with Crippen LogP contribution in [0, 0.1) is 0 Å². The van der Waals surface area contributed by atoms with E-state index in [2.05, 4.69) is 25.5 Å². The van der Waals surface area contributed by atoms with Crippen molar-refractivity contribution in [1.82, 2.24) is 20.2 Å². The standard InChI is InChI=1S/C9H4Cl3N5O/c10-5-2-7(14-3-13-5)15-9(18)4-1-6(11)16-17-8(4)12/h1-3H,(H,13,14,15,18). The first-order valence-electron chi connectivity index (χ1n) is 4.54. The lowest BCUT2D eigenvalue weighted by Gasteiger charge is -2.05. The lowest BCUT2D eigenvalue weighted by molar-refractivity contribution is 0.102. The van der Waals surface area contributed by atoms with Gasteiger partial charge in [0, 0.05) is 6.07 Å². The van der Waals surface area contributed by atoms with Crippen molar-refractivity contribution in [1.29, 1.82) is 0 Å². The summed E-state index contributed by atoms with van der Waals surface area (Å²) in [5.74, 6) is -0.282. The number of nitrogens with one attached hydrogen (secondary N) is 1. The fraction of sp³-hybridized carbons (Fsp3) is 0. The number of hydrogen-bond donors (Lipinski definition) is 1. The molecule has 0 radical (unpaired) electrons. The van der Waals surface area contributed by atoms with Crippen molar-refractivity contribution >= 4 is 46.5 Å². The summed E-state index contributed by atoms with van der Waals surface area (Å²) in [7, 11) is 0. The van der Waals surface area contributed by atoms with Crippen LogP contribution in [0.15, 0.2) is 18.5 Å². The van der Waals surface area contributed by atoms with Crippen LogP contribution in [-0.4, -0.2) is 26.1 Å². The number of rotatable bonds is 2. The highest BCUT2D eigenvalue weighted by Gasteiger charge is 2.14. The van der Waals surface area contributed by atoms with E-state index in [1.165, 1.54) is 18.5 Å². The number of halogens is 3. The zero-order chi connectivity index (χ0) is 13.1. The number of hydrogen-bond acceptors (Lipinski definition) is 5. The fourth-order valence-electron chi connectivity index (χ4n) is 1.10. The van der Waals surface area contributed by atoms with Crippen LogP contribution < -0.4 is 5.32 Å². The van der Waals surface area contributed by atoms with Crippen LogP contribution in [0.2, 0.25) is 15.5 Å². The summed E-state index contributed by atoms with van der Waals surface area (Å²) in [6.07, 6.45) is 1.22. The normalized spacial score (nSPS) is 10.2. The molecule has 0 fully saturated rings. The number of carbonyl (C=O) groups is 1. The van der Waals surface area contributed by atoms with E-state index < -0.39 is 5.91 Å². The van der Waals surface area contributed by atoms with Gasteiger partial charge in [-0.3, -0.25) is 4.79 Å². The first-order valence-corrected chi connectivity index (χ1v) is 5.67. The highest BCUT2D eigenvalue weighted by Crippen LogP contribution is 2.17. The second-order valence-corrected chi connectivity index (χ2v) is 4.18. The Balaban J connectivity index is 2.24. The van der Waals surface area contributed by atoms with Crippen LogP contribution in [0.1, 0.15) is 10.4 Å². The minimum atomic E-state index is -0.522. The van der Waals surface area contributed by atoms with Crippen molar-refractivity contribution in [3.8, 4) is 0 Å². The molecule has 9 heteroatoms. The number of carbonyl (C=O) groups excluding carboxylic acids is 1. The monoisotopic (exact) mass is 303 g/mol. The zero-order valence-electron chi connectivity index (χ0n) is 8.56. The third-order valence-corrected chi connectivity index (χ3v) is 2.51. The van der Waals surface area contributed by atoms with Gasteiger partial charge in [0.25, 0.3) is 5.91 Å². The average Bonchev–Trinajstić information content (AvgIpc) is 2.32. The van der Waals surface area contributed by atoms with E-state index in [1.54, 1.807) is 0 Å². The fourth-order valence-corrected chi connectivity index (χ4v) is 1.57. The molecule has 0 atom stereocenters. The van der Waals surface area contributed by atoms with Gasteiger partial charge in [-0.15, -0.1) is 10.2 Å². The van der Waals surface area contributed by atoms with E-state index in [-0.39, 0.29) is 26.8 Å². The quantitative estimate of drug-likeness (QED) is 0.862. The highest BCUT2D eigenvalue weighted by atomic mass is 35.5. The number of anilines is 1. The Morgan fingerprint density at radius 2 is 1.83 bits per heavy atom. The molecule has 0 aliphatic rings. The van der Waals surface area contributed by atoms with Gasteiger partial charge in [-0.05, 0) is 6.07 Å². The van der Waals surface area contributed by atoms with Crippen molar-refractivity contribution in [3.63, 3.8) is 0 Å². The van der Waals surface area contributed by atoms with Crippen LogP contribution in [0.5, 0.6) is 0 Å². The third-order valence-electron chi connectivity index (χ3n) is 1.84. The topological polar surface area (TPSA) is 80.7 Å². The van der Waals surface area contributed by atoms with Crippen LogP contribution in [0.4, 0.5) is 5.82 Å². The predicted molar refractivity (Wildman–Crippen MR) is 67.0 cm³/mol. The largest absolute Gasteiger partial charge is 0.306 e. The molecular weight excluding hydrogens is 300 g/mol. The minimum Gasteiger partial charge on any atom is -0.306 e. The number of nitrogens with zero attached hydrogens (tertiary/aromatic N) is 4. The maximum absolute atomic E-state index is 11.9. The van der Waals surface area contributed by atoms with Crippen molar-refractivity contribution in [2.45, 2.75) is 0 Å². The zero-order valence-corrected chi connectivity index (χ0v) is 10.8. The summed E-state index contributed by atoms with van der Waals surface area (Å²) in [6, 6.07) is 2.69. The SMILES string of the molecule is O=C(Nc1cc(Cl)ncn1)c1cc(Cl)nnc1Cl. The maximum atomic E-state index is 11.9. The molecule has 1 N–H and O–H groups in total. The average molecular weight is 305 g/mol. The molecule has 0 bridgehead atoms. The molecule has 0 aromatic carbocycles. The number of amides is 1. The van der Waals surface area contributed by atoms with Crippen LogP contribution >= 0.6 is 34.8 Å². The third kappa shape index (κ3) is 3.04. The molecule has 0 unspecified atom stereocenters. The Bertz CT molecular complexity index is 607. The summed E-state index contributed by atoms with van der Waals surface area (Å²) < 4.78 is 0. The molecule has 2 aromatic rings. The highest BCUT2D eigenvalue weighted by molar-refractivity contribution is 6.34. The Hall–Kier alpha value is -1.50. The molecule has 6 nitrogen and oxygen atoms in total. The minimum absolute atomic E-state index is 0.0583. The van der Waals surface area contributed by atoms with Gasteiger partial charge in [0.2, 0.25) is 0 Å². The Labute approximate surface area is 116 Å². The van der Waals surface area contributed by atoms with Crippen molar-refractivity contribution in [2.24, 2.45) is 0 Å². The molecule has 1 amide bonds. The van der Waals surface area contributed by atoms with E-state index in [9.17, 15) is 4.79 Å². The predicted octanol–water partition coefficient (Wildman–Crippen LogP) is 2.48. The first-order chi connectivity index (χ1) is 8.56. The van der Waals surface area contributed by atoms with Gasteiger partial charge in [-0.25, -0.2) is 9.97 Å². The lowest BCUT2D eigenvalue weighted by atomic mass is 10.3. The lowest BCUT2D eigenvalue weighted by Crippen LogP contribution is -2.14. The molecule has 0 spiro atoms. The van der Waals surface area contributed by atoms with Crippen molar-refractivity contribution in [2.75, 3.05) is 5.32 Å². The summed E-state index contributed by atoms with van der Waals surface area (Å²) in [5.41, 5.74) is 0.0893. The number of aromatic nitrogens is 4. The molecule has 0 saturated heterocycles. The summed E-state index contributed by atoms with van der Waals surface area (Å²) in [5, 5.41) is 9.71. The molecule has 2 rings (SSSR count). The van der Waals surface area contributed by atoms with Gasteiger partial charge >= 0.3 is 0 Å². The van der Waals surface area contributed by atoms with Gasteiger partial charge in [0.05, 0.1) is 5.56 Å². The smallest absolute Gasteiger partial charge is 0.260 e. The molecule has 92 valence electrons. The summed E-state index contributed by atoms with van der Waals surface area (Å²) >= 11 is 17.0. The van der Waals surface area contributed by atoms with E-state index in [1.807, 2.05) is 0 Å². The van der Waals surface area contributed by atoms with Crippen LogP contribution in [0.25, 0.3) is 0 Å². The summed E-state index contributed by atoms with van der Waals surface area (Å²) in [6.45, 7) is 0. The van der Waals surface area contributed by atoms with Crippen molar-refractivity contribution < 1.29 is 4.79 Å². The molecule has 0 aliphatic heterocycles. The second-order valence-electron chi connectivity index (χ2n) is 3.05. The van der Waals surface area contributed by atoms with Gasteiger partial charge in [0.15, 0.2) is 10.3 Å². The van der Waals surface area contributed by atoms with E-state index in [0.29, 0.717) is 0 Å². The Kier molecular flexibility index (Phi) is 3.90. The van der Waals surface area contributed by atoms with E-state index in [0.717, 1.165) is 0 Å². The Morgan fingerprint density at radius 1 is 1.06 bits per heavy atom. The molecule has 2 aromatic heterocycles. The molecule has 0 aliphatic carbocycles. The van der Waals surface area contributed by atoms with Crippen LogP contribution in [-0.2, 0) is 0 Å². The van der Waals surface area contributed by atoms with Gasteiger partial charge < -0.3 is 5.32 Å².